The van der Waals surface area contributed by atoms with Crippen molar-refractivity contribution in [2.45, 2.75) is 70.5 Å². The molecule has 9 unspecified atom stereocenters. The molecule has 174 valence electrons. The maximum Gasteiger partial charge on any atom is 0.141 e. The number of fused-ring (bicyclic) bond motifs is 5. The normalized spacial score (nSPS) is 50.8. The number of rotatable bonds is 4. The summed E-state index contributed by atoms with van der Waals surface area (Å²) in [4.78, 5) is 18.5. The molecule has 5 rings (SSSR count). The topological polar surface area (TPSA) is 111 Å². The zero-order valence-electron chi connectivity index (χ0n) is 18.6. The number of carbonyl (C=O) groups excluding carboxylic acids is 1. The van der Waals surface area contributed by atoms with Crippen LogP contribution in [0.3, 0.4) is 0 Å². The van der Waals surface area contributed by atoms with Gasteiger partial charge in [-0.3, -0.25) is 4.79 Å². The first-order valence-corrected chi connectivity index (χ1v) is 12.3. The summed E-state index contributed by atoms with van der Waals surface area (Å²) >= 11 is 0. The van der Waals surface area contributed by atoms with Crippen molar-refractivity contribution in [2.75, 3.05) is 26.3 Å². The first kappa shape index (κ1) is 21.8. The van der Waals surface area contributed by atoms with E-state index in [2.05, 4.69) is 17.4 Å². The van der Waals surface area contributed by atoms with Gasteiger partial charge in [0.1, 0.15) is 11.9 Å². The highest BCUT2D eigenvalue weighted by atomic mass is 16.6. The molecule has 0 amide bonds. The minimum absolute atomic E-state index is 0.0157. The van der Waals surface area contributed by atoms with Gasteiger partial charge in [-0.15, -0.1) is 0 Å². The summed E-state index contributed by atoms with van der Waals surface area (Å²) in [6.45, 7) is 3.83. The molecule has 9 atom stereocenters. The molecule has 1 saturated heterocycles. The first-order valence-electron chi connectivity index (χ1n) is 12.3. The van der Waals surface area contributed by atoms with Crippen LogP contribution in [-0.4, -0.2) is 65.3 Å². The van der Waals surface area contributed by atoms with Crippen LogP contribution < -0.4 is 5.32 Å². The maximum atomic E-state index is 12.7. The first-order chi connectivity index (χ1) is 14.9. The van der Waals surface area contributed by atoms with E-state index in [4.69, 9.17) is 4.84 Å². The quantitative estimate of drug-likeness (QED) is 0.499. The average molecular weight is 435 g/mol. The van der Waals surface area contributed by atoms with Gasteiger partial charge in [-0.1, -0.05) is 12.1 Å². The molecular formula is C24H38N2O5. The molecule has 0 aromatic carbocycles. The Labute approximate surface area is 184 Å². The van der Waals surface area contributed by atoms with Crippen molar-refractivity contribution in [1.82, 2.24) is 5.32 Å². The molecule has 31 heavy (non-hydrogen) atoms. The molecule has 4 saturated carbocycles. The highest BCUT2D eigenvalue weighted by Gasteiger charge is 2.66. The van der Waals surface area contributed by atoms with Crippen LogP contribution in [0.4, 0.5) is 0 Å². The SMILES string of the molecule is CC12CCC3C(C(O)C(CO)C4CC(=NOC5CCNC5)CCC43CO)C1CCC2=O. The van der Waals surface area contributed by atoms with Crippen LogP contribution in [-0.2, 0) is 9.63 Å². The summed E-state index contributed by atoms with van der Waals surface area (Å²) < 4.78 is 0. The fourth-order valence-corrected chi connectivity index (χ4v) is 8.30. The second-order valence-corrected chi connectivity index (χ2v) is 11.1. The third-order valence-corrected chi connectivity index (χ3v) is 10.1. The van der Waals surface area contributed by atoms with Gasteiger partial charge in [0.15, 0.2) is 0 Å². The van der Waals surface area contributed by atoms with E-state index in [1.165, 1.54) is 0 Å². The Balaban J connectivity index is 1.44. The minimum atomic E-state index is -0.644. The fourth-order valence-electron chi connectivity index (χ4n) is 8.30. The van der Waals surface area contributed by atoms with Crippen molar-refractivity contribution >= 4 is 11.5 Å². The smallest absolute Gasteiger partial charge is 0.141 e. The molecule has 0 radical (unpaired) electrons. The van der Waals surface area contributed by atoms with Gasteiger partial charge in [0.2, 0.25) is 0 Å². The Hall–Kier alpha value is -1.02. The van der Waals surface area contributed by atoms with Crippen LogP contribution in [0, 0.1) is 40.4 Å². The zero-order valence-corrected chi connectivity index (χ0v) is 18.6. The lowest BCUT2D eigenvalue weighted by Crippen LogP contribution is -2.64. The van der Waals surface area contributed by atoms with Crippen LogP contribution >= 0.6 is 0 Å². The molecule has 0 spiro atoms. The Bertz CT molecular complexity index is 737. The van der Waals surface area contributed by atoms with E-state index in [0.29, 0.717) is 18.6 Å². The molecule has 5 aliphatic rings. The summed E-state index contributed by atoms with van der Waals surface area (Å²) in [6.07, 6.45) is 5.82. The van der Waals surface area contributed by atoms with Gasteiger partial charge in [0, 0.05) is 49.3 Å². The van der Waals surface area contributed by atoms with Crippen molar-refractivity contribution < 1.29 is 25.0 Å². The third-order valence-electron chi connectivity index (χ3n) is 10.1. The van der Waals surface area contributed by atoms with Gasteiger partial charge in [0.05, 0.1) is 11.8 Å². The molecule has 0 aromatic rings. The van der Waals surface area contributed by atoms with Crippen molar-refractivity contribution in [3.05, 3.63) is 0 Å². The van der Waals surface area contributed by atoms with E-state index in [9.17, 15) is 20.1 Å². The number of hydrogen-bond acceptors (Lipinski definition) is 7. The van der Waals surface area contributed by atoms with Crippen LogP contribution in [0.25, 0.3) is 0 Å². The summed E-state index contributed by atoms with van der Waals surface area (Å²) in [5.41, 5.74) is 0.315. The number of aliphatic hydroxyl groups excluding tert-OH is 3. The van der Waals surface area contributed by atoms with E-state index in [1.807, 2.05) is 0 Å². The van der Waals surface area contributed by atoms with Gasteiger partial charge in [-0.2, -0.15) is 0 Å². The molecule has 7 nitrogen and oxygen atoms in total. The molecule has 1 aliphatic heterocycles. The summed E-state index contributed by atoms with van der Waals surface area (Å²) in [5.74, 6) is 0.333. The lowest BCUT2D eigenvalue weighted by molar-refractivity contribution is -0.204. The second kappa shape index (κ2) is 8.08. The van der Waals surface area contributed by atoms with Crippen LogP contribution in [0.2, 0.25) is 0 Å². The van der Waals surface area contributed by atoms with E-state index < -0.39 is 6.10 Å². The van der Waals surface area contributed by atoms with Gasteiger partial charge in [-0.25, -0.2) is 0 Å². The largest absolute Gasteiger partial charge is 0.396 e. The molecule has 1 heterocycles. The summed E-state index contributed by atoms with van der Waals surface area (Å²) in [5, 5.41) is 40.4. The Kier molecular flexibility index (Phi) is 5.69. The highest BCUT2D eigenvalue weighted by Crippen LogP contribution is 2.66. The molecule has 5 fully saturated rings. The molecule has 4 aliphatic carbocycles. The molecule has 7 heteroatoms. The van der Waals surface area contributed by atoms with Crippen LogP contribution in [0.5, 0.6) is 0 Å². The maximum absolute atomic E-state index is 12.7. The number of aliphatic hydroxyl groups is 3. The van der Waals surface area contributed by atoms with Gasteiger partial charge in [-0.05, 0) is 68.7 Å². The van der Waals surface area contributed by atoms with Crippen molar-refractivity contribution in [2.24, 2.45) is 45.6 Å². The van der Waals surface area contributed by atoms with Crippen LogP contribution in [0.15, 0.2) is 5.16 Å². The van der Waals surface area contributed by atoms with E-state index >= 15 is 0 Å². The van der Waals surface area contributed by atoms with Crippen molar-refractivity contribution in [3.63, 3.8) is 0 Å². The van der Waals surface area contributed by atoms with E-state index in [0.717, 1.165) is 57.3 Å². The van der Waals surface area contributed by atoms with Gasteiger partial charge in [0.25, 0.3) is 0 Å². The predicted octanol–water partition coefficient (Wildman–Crippen LogP) is 1.49. The Morgan fingerprint density at radius 2 is 1.97 bits per heavy atom. The van der Waals surface area contributed by atoms with Gasteiger partial charge < -0.3 is 25.5 Å². The highest BCUT2D eigenvalue weighted by molar-refractivity contribution is 5.87. The number of nitrogens with zero attached hydrogens (tertiary/aromatic N) is 1. The van der Waals surface area contributed by atoms with Gasteiger partial charge >= 0.3 is 0 Å². The molecular weight excluding hydrogens is 396 g/mol. The molecule has 0 bridgehead atoms. The third kappa shape index (κ3) is 3.22. The monoisotopic (exact) mass is 434 g/mol. The van der Waals surface area contributed by atoms with Crippen molar-refractivity contribution in [1.29, 1.82) is 0 Å². The lowest BCUT2D eigenvalue weighted by atomic mass is 9.42. The second-order valence-electron chi connectivity index (χ2n) is 11.1. The Morgan fingerprint density at radius 1 is 1.13 bits per heavy atom. The summed E-state index contributed by atoms with van der Waals surface area (Å²) in [6, 6.07) is 0. The zero-order chi connectivity index (χ0) is 21.8. The predicted molar refractivity (Wildman–Crippen MR) is 115 cm³/mol. The molecule has 4 N–H and O–H groups in total. The molecule has 0 aromatic heterocycles. The van der Waals surface area contributed by atoms with Crippen molar-refractivity contribution in [3.8, 4) is 0 Å². The average Bonchev–Trinajstić information content (AvgIpc) is 3.40. The number of nitrogens with one attached hydrogen (secondary N) is 1. The standard InChI is InChI=1S/C24H38N2O5/c1-23-7-5-18-21(17(23)2-3-20(23)29)22(30)16(12-27)19-10-14(4-8-24(18,19)13-28)26-31-15-6-9-25-11-15/h15-19,21-22,25,27-28,30H,2-13H2,1H3. The van der Waals surface area contributed by atoms with E-state index in [-0.39, 0.29) is 59.7 Å². The lowest BCUT2D eigenvalue weighted by Gasteiger charge is -2.63. The number of hydrogen-bond donors (Lipinski definition) is 4. The van der Waals surface area contributed by atoms with Crippen LogP contribution in [0.1, 0.15) is 58.3 Å². The Morgan fingerprint density at radius 3 is 2.68 bits per heavy atom. The number of carbonyl (C=O) groups is 1. The number of oxime groups is 1. The number of Topliss-reactive ketones (excluding diaryl/α,β-unsaturated/α-hetero) is 1. The van der Waals surface area contributed by atoms with E-state index in [1.54, 1.807) is 0 Å². The minimum Gasteiger partial charge on any atom is -0.396 e. The summed E-state index contributed by atoms with van der Waals surface area (Å²) in [7, 11) is 0. The fraction of sp³-hybridized carbons (Fsp3) is 0.917. The number of ketones is 1.